The van der Waals surface area contributed by atoms with E-state index in [0.29, 0.717) is 12.8 Å². The zero-order valence-electron chi connectivity index (χ0n) is 21.4. The van der Waals surface area contributed by atoms with Crippen LogP contribution in [0.4, 0.5) is 0 Å². The Labute approximate surface area is 257 Å². The van der Waals surface area contributed by atoms with Gasteiger partial charge in [0.25, 0.3) is 6.47 Å². The Morgan fingerprint density at radius 2 is 1.32 bits per heavy atom. The Morgan fingerprint density at radius 3 is 1.61 bits per heavy atom. The van der Waals surface area contributed by atoms with Crippen molar-refractivity contribution in [3.8, 4) is 0 Å². The van der Waals surface area contributed by atoms with Crippen molar-refractivity contribution in [2.45, 2.75) is 78.4 Å². The number of ether oxygens (including phenoxy) is 2. The molecule has 2 N–H and O–H groups in total. The first kappa shape index (κ1) is 34.2. The Balaban J connectivity index is -0.0000000799. The average molecular weight is 463 g/mol. The maximum Gasteiger partial charge on any atom is 1.00 e. The van der Waals surface area contributed by atoms with Crippen LogP contribution in [0.2, 0.25) is 0 Å². The summed E-state index contributed by atoms with van der Waals surface area (Å²) >= 11 is 0. The van der Waals surface area contributed by atoms with Crippen LogP contribution < -0.4 is 108 Å². The van der Waals surface area contributed by atoms with Gasteiger partial charge in [-0.25, -0.2) is 0 Å². The molecule has 0 amide bonds. The fourth-order valence-electron chi connectivity index (χ4n) is 1.09. The van der Waals surface area contributed by atoms with Crippen LogP contribution in [0.1, 0.15) is 71.3 Å². The molecule has 0 aromatic carbocycles. The predicted octanol–water partition coefficient (Wildman–Crippen LogP) is -5.24. The third-order valence-corrected chi connectivity index (χ3v) is 1.78. The molecule has 11 heteroatoms. The molecule has 0 bridgehead atoms. The molecule has 0 heterocycles. The molecule has 28 heavy (non-hydrogen) atoms. The number of rotatable bonds is 7. The summed E-state index contributed by atoms with van der Waals surface area (Å²) < 4.78 is 24.3. The summed E-state index contributed by atoms with van der Waals surface area (Å²) in [7, 11) is 0. The molecule has 158 valence electrons. The quantitative estimate of drug-likeness (QED) is 0.125. The van der Waals surface area contributed by atoms with Crippen LogP contribution in [-0.4, -0.2) is 53.0 Å². The van der Waals surface area contributed by atoms with Gasteiger partial charge in [0, 0.05) is 28.7 Å². The Bertz CT molecular complexity index is 455. The van der Waals surface area contributed by atoms with Crippen LogP contribution in [0.15, 0.2) is 0 Å². The molecule has 0 unspecified atom stereocenters. The first-order valence-electron chi connectivity index (χ1n) is 8.95. The van der Waals surface area contributed by atoms with Crippen molar-refractivity contribution in [1.29, 1.82) is 0 Å². The van der Waals surface area contributed by atoms with E-state index in [1.807, 2.05) is 20.8 Å². The molecule has 0 aliphatic heterocycles. The SMILES string of the molecule is CC(C)(C)OC(=O)CCCO.O=CO[O-].[2H]C([2H])(CCO)C(=O)OC(C)(C)C.[H-].[K+].[K+]. The van der Waals surface area contributed by atoms with Gasteiger partial charge < -0.3 is 31.3 Å². The number of hydrogen-bond acceptors (Lipinski definition) is 9. The second-order valence-corrected chi connectivity index (χ2v) is 6.76. The van der Waals surface area contributed by atoms with Gasteiger partial charge >= 0.3 is 115 Å². The third kappa shape index (κ3) is 46.0. The number of aliphatic hydroxyl groups excluding tert-OH is 2. The van der Waals surface area contributed by atoms with Crippen LogP contribution in [0.3, 0.4) is 0 Å². The summed E-state index contributed by atoms with van der Waals surface area (Å²) in [5.74, 6) is -1.17. The normalized spacial score (nSPS) is 11.2. The van der Waals surface area contributed by atoms with Crippen molar-refractivity contribution >= 4 is 18.4 Å². The average Bonchev–Trinajstić information content (AvgIpc) is 2.50. The van der Waals surface area contributed by atoms with Gasteiger partial charge in [-0.05, 0) is 54.4 Å². The maximum absolute atomic E-state index is 11.2. The molecule has 0 rings (SSSR count). The third-order valence-electron chi connectivity index (χ3n) is 1.78. The first-order chi connectivity index (χ1) is 12.6. The van der Waals surface area contributed by atoms with E-state index >= 15 is 0 Å². The number of aliphatic hydroxyl groups is 2. The largest absolute Gasteiger partial charge is 1.00 e. The smallest absolute Gasteiger partial charge is 1.00 e. The van der Waals surface area contributed by atoms with Crippen molar-refractivity contribution in [3.05, 3.63) is 0 Å². The van der Waals surface area contributed by atoms with Crippen LogP contribution in [0.5, 0.6) is 0 Å². The van der Waals surface area contributed by atoms with Crippen LogP contribution in [-0.2, 0) is 28.7 Å². The summed E-state index contributed by atoms with van der Waals surface area (Å²) in [6, 6.07) is 0. The van der Waals surface area contributed by atoms with E-state index in [-0.39, 0.29) is 136 Å². The monoisotopic (exact) mass is 462 g/mol. The molecule has 0 fully saturated rings. The Hall–Kier alpha value is 1.56. The second kappa shape index (κ2) is 24.8. The molecular weight excluding hydrogens is 426 g/mol. The van der Waals surface area contributed by atoms with E-state index in [0.717, 1.165) is 0 Å². The van der Waals surface area contributed by atoms with Crippen LogP contribution in [0.25, 0.3) is 0 Å². The molecule has 0 aromatic rings. The van der Waals surface area contributed by atoms with Gasteiger partial charge in [0.2, 0.25) is 0 Å². The molecule has 0 atom stereocenters. The number of esters is 2. The van der Waals surface area contributed by atoms with Gasteiger partial charge in [-0.3, -0.25) is 14.4 Å². The summed E-state index contributed by atoms with van der Waals surface area (Å²) in [6.07, 6.45) is -1.55. The van der Waals surface area contributed by atoms with Crippen molar-refractivity contribution < 1.29 is 151 Å². The van der Waals surface area contributed by atoms with Gasteiger partial charge in [-0.1, -0.05) is 0 Å². The zero-order chi connectivity index (χ0) is 23.0. The van der Waals surface area contributed by atoms with Crippen LogP contribution >= 0.6 is 0 Å². The molecule has 0 radical (unpaired) electrons. The fraction of sp³-hybridized carbons (Fsp3) is 0.824. The topological polar surface area (TPSA) is 142 Å². The fourth-order valence-corrected chi connectivity index (χ4v) is 1.09. The van der Waals surface area contributed by atoms with Crippen LogP contribution in [0, 0.1) is 0 Å². The molecule has 0 saturated carbocycles. The molecule has 0 saturated heterocycles. The Kier molecular flexibility index (Phi) is 30.3. The number of hydrogen-bond donors (Lipinski definition) is 2. The van der Waals surface area contributed by atoms with Gasteiger partial charge in [0.05, 0.1) is 0 Å². The number of carbonyl (C=O) groups is 3. The predicted molar refractivity (Wildman–Crippen MR) is 92.6 cm³/mol. The summed E-state index contributed by atoms with van der Waals surface area (Å²) in [5, 5.41) is 25.3. The zero-order valence-corrected chi connectivity index (χ0v) is 24.6. The van der Waals surface area contributed by atoms with Crippen molar-refractivity contribution in [2.24, 2.45) is 0 Å². The minimum atomic E-state index is -2.10. The maximum atomic E-state index is 11.2. The van der Waals surface area contributed by atoms with Gasteiger partial charge in [0.15, 0.2) is 0 Å². The van der Waals surface area contributed by atoms with E-state index in [1.165, 1.54) is 0 Å². The molecule has 0 aliphatic rings. The van der Waals surface area contributed by atoms with E-state index < -0.39 is 23.5 Å². The minimum Gasteiger partial charge on any atom is -1.00 e. The molecule has 0 spiro atoms. The second-order valence-electron chi connectivity index (χ2n) is 6.76. The number of carbonyl (C=O) groups excluding carboxylic acids is 3. The molecule has 0 aromatic heterocycles. The van der Waals surface area contributed by atoms with E-state index in [4.69, 9.17) is 32.5 Å². The van der Waals surface area contributed by atoms with Gasteiger partial charge in [-0.2, -0.15) is 0 Å². The summed E-state index contributed by atoms with van der Waals surface area (Å²) in [4.78, 5) is 33.3. The summed E-state index contributed by atoms with van der Waals surface area (Å²) in [6.45, 7) is 9.96. The minimum absolute atomic E-state index is 0. The van der Waals surface area contributed by atoms with Crippen molar-refractivity contribution in [2.75, 3.05) is 13.2 Å². The standard InChI is InChI=1S/2C8H16O3.CH2O3.2K.H/c2*1-8(2,3)11-7(10)5-4-6-9;2-1-4-3;;;/h2*9H,4-6H2,1-3H3;1,3H;;;/q;;;2*+1;-1/p-1/i5D2;;;;;. The van der Waals surface area contributed by atoms with Gasteiger partial charge in [-0.15, -0.1) is 0 Å². The molecule has 0 aliphatic carbocycles. The van der Waals surface area contributed by atoms with E-state index in [2.05, 4.69) is 4.89 Å². The van der Waals surface area contributed by atoms with Crippen molar-refractivity contribution in [1.82, 2.24) is 0 Å². The molecule has 9 nitrogen and oxygen atoms in total. The van der Waals surface area contributed by atoms with E-state index in [1.54, 1.807) is 20.8 Å². The molecular formula is C17H34K2O9. The Morgan fingerprint density at radius 1 is 0.964 bits per heavy atom. The van der Waals surface area contributed by atoms with Gasteiger partial charge in [0.1, 0.15) is 11.2 Å². The van der Waals surface area contributed by atoms with E-state index in [9.17, 15) is 9.59 Å². The van der Waals surface area contributed by atoms with Crippen molar-refractivity contribution in [3.63, 3.8) is 0 Å². The summed E-state index contributed by atoms with van der Waals surface area (Å²) in [5.41, 5.74) is -1.10. The first-order valence-corrected chi connectivity index (χ1v) is 7.95.